The van der Waals surface area contributed by atoms with Crippen LogP contribution in [0.15, 0.2) is 81.7 Å². The molecule has 0 saturated heterocycles. The summed E-state index contributed by atoms with van der Waals surface area (Å²) < 4.78 is 34.9. The van der Waals surface area contributed by atoms with E-state index in [2.05, 4.69) is 9.73 Å². The fourth-order valence-corrected chi connectivity index (χ4v) is 6.38. The van der Waals surface area contributed by atoms with Crippen molar-refractivity contribution in [2.45, 2.75) is 33.4 Å². The number of nitrogens with zero attached hydrogens (tertiary/aromatic N) is 2. The lowest BCUT2D eigenvalue weighted by molar-refractivity contribution is -0.143. The van der Waals surface area contributed by atoms with Gasteiger partial charge in [-0.25, -0.2) is 19.4 Å². The molecule has 0 spiro atoms. The number of carboxylic acid groups (broad SMARTS) is 1. The number of fused-ring (bicyclic) bond motifs is 1. The molecule has 0 radical (unpaired) electrons. The van der Waals surface area contributed by atoms with Crippen LogP contribution in [0.2, 0.25) is 0 Å². The first-order valence-corrected chi connectivity index (χ1v) is 16.7. The van der Waals surface area contributed by atoms with Crippen LogP contribution in [0.3, 0.4) is 0 Å². The van der Waals surface area contributed by atoms with E-state index in [1.54, 1.807) is 75.4 Å². The number of hydrogen-bond donors (Lipinski definition) is 1. The van der Waals surface area contributed by atoms with Crippen LogP contribution in [0.4, 0.5) is 0 Å². The second kappa shape index (κ2) is 16.2. The number of rotatable bonds is 14. The predicted octanol–water partition coefficient (Wildman–Crippen LogP) is 4.03. The Balaban J connectivity index is 1.53. The first-order chi connectivity index (χ1) is 24.6. The van der Waals surface area contributed by atoms with Crippen molar-refractivity contribution >= 4 is 35.3 Å². The molecular weight excluding hydrogens is 680 g/mol. The molecule has 1 atom stereocenters. The van der Waals surface area contributed by atoms with Gasteiger partial charge < -0.3 is 33.5 Å². The first-order valence-electron chi connectivity index (χ1n) is 15.9. The van der Waals surface area contributed by atoms with Gasteiger partial charge in [-0.15, -0.1) is 0 Å². The fraction of sp³-hybridized carbons (Fsp3) is 0.270. The van der Waals surface area contributed by atoms with E-state index in [0.717, 1.165) is 5.56 Å². The second-order valence-electron chi connectivity index (χ2n) is 11.0. The van der Waals surface area contributed by atoms with E-state index in [9.17, 15) is 19.2 Å². The molecule has 1 N–H and O–H groups in total. The summed E-state index contributed by atoms with van der Waals surface area (Å²) in [5, 5.41) is 9.14. The molecule has 1 aliphatic heterocycles. The van der Waals surface area contributed by atoms with Gasteiger partial charge in [0, 0.05) is 0 Å². The molecular formula is C37H36N2O11S. The van der Waals surface area contributed by atoms with Crippen molar-refractivity contribution in [3.63, 3.8) is 0 Å². The summed E-state index contributed by atoms with van der Waals surface area (Å²) in [6.45, 7) is 5.44. The van der Waals surface area contributed by atoms with E-state index in [-0.39, 0.29) is 48.9 Å². The van der Waals surface area contributed by atoms with E-state index in [4.69, 9.17) is 28.8 Å². The third kappa shape index (κ3) is 8.13. The van der Waals surface area contributed by atoms with Crippen LogP contribution in [0, 0.1) is 0 Å². The minimum Gasteiger partial charge on any atom is -0.493 e. The van der Waals surface area contributed by atoms with Gasteiger partial charge in [0.25, 0.3) is 5.56 Å². The highest BCUT2D eigenvalue weighted by molar-refractivity contribution is 7.07. The number of aromatic nitrogens is 1. The topological polar surface area (TPSA) is 161 Å². The molecule has 0 amide bonds. The number of carbonyl (C=O) groups is 3. The minimum absolute atomic E-state index is 0.121. The predicted molar refractivity (Wildman–Crippen MR) is 186 cm³/mol. The van der Waals surface area contributed by atoms with E-state index < -0.39 is 23.9 Å². The molecule has 266 valence electrons. The highest BCUT2D eigenvalue weighted by Gasteiger charge is 2.34. The molecule has 14 heteroatoms. The van der Waals surface area contributed by atoms with E-state index in [0.29, 0.717) is 43.4 Å². The van der Waals surface area contributed by atoms with Crippen LogP contribution < -0.4 is 33.8 Å². The summed E-state index contributed by atoms with van der Waals surface area (Å²) in [4.78, 5) is 55.4. The number of esters is 2. The van der Waals surface area contributed by atoms with Gasteiger partial charge in [-0.3, -0.25) is 9.36 Å². The highest BCUT2D eigenvalue weighted by atomic mass is 32.1. The Hall–Kier alpha value is -5.89. The Morgan fingerprint density at radius 1 is 0.902 bits per heavy atom. The van der Waals surface area contributed by atoms with Crippen molar-refractivity contribution in [1.29, 1.82) is 0 Å². The molecule has 51 heavy (non-hydrogen) atoms. The van der Waals surface area contributed by atoms with Crippen LogP contribution in [-0.2, 0) is 25.7 Å². The van der Waals surface area contributed by atoms with Crippen LogP contribution in [-0.4, -0.2) is 61.6 Å². The number of carbonyl (C=O) groups excluding carboxylic acids is 2. The molecule has 5 rings (SSSR count). The van der Waals surface area contributed by atoms with Gasteiger partial charge in [0.15, 0.2) is 34.4 Å². The van der Waals surface area contributed by atoms with Crippen molar-refractivity contribution in [2.24, 2.45) is 4.99 Å². The Bertz CT molecular complexity index is 2170. The summed E-state index contributed by atoms with van der Waals surface area (Å²) in [5.41, 5.74) is 2.36. The molecule has 0 fully saturated rings. The number of methoxy groups -OCH3 is 2. The highest BCUT2D eigenvalue weighted by Crippen LogP contribution is 2.36. The number of carboxylic acids is 1. The quantitative estimate of drug-likeness (QED) is 0.188. The normalized spacial score (nSPS) is 13.9. The summed E-state index contributed by atoms with van der Waals surface area (Å²) in [6, 6.07) is 15.7. The molecule has 1 aromatic heterocycles. The van der Waals surface area contributed by atoms with E-state index >= 15 is 0 Å². The molecule has 2 heterocycles. The van der Waals surface area contributed by atoms with Crippen LogP contribution >= 0.6 is 11.3 Å². The van der Waals surface area contributed by atoms with Crippen molar-refractivity contribution in [2.75, 3.05) is 34.0 Å². The third-order valence-electron chi connectivity index (χ3n) is 7.75. The van der Waals surface area contributed by atoms with Gasteiger partial charge in [-0.05, 0) is 79.9 Å². The average molecular weight is 717 g/mol. The van der Waals surface area contributed by atoms with Gasteiger partial charge in [0.2, 0.25) is 0 Å². The molecule has 4 aromatic rings. The lowest BCUT2D eigenvalue weighted by Gasteiger charge is -2.25. The SMILES string of the molecule is CCOC(=O)C1=C(C)N=c2s/c(=C\c3ccc(OCc4ccc(C(=O)O)cc4)c(OC)c3)c(=O)n2[C@H]1c1ccc(OCC(=O)OC)c(OCC)c1. The van der Waals surface area contributed by atoms with Crippen LogP contribution in [0.1, 0.15) is 53.9 Å². The Labute approximate surface area is 296 Å². The molecule has 0 bridgehead atoms. The lowest BCUT2D eigenvalue weighted by atomic mass is 9.95. The standard InChI is InChI=1S/C37H36N2O11S/c1-6-47-29-18-25(13-15-27(29)50-20-31(40)46-5)33-32(36(44)48-7-2)21(3)38-37-39(33)34(41)30(51-37)17-23-10-14-26(28(16-23)45-4)49-19-22-8-11-24(12-9-22)35(42)43/h8-18,33H,6-7,19-20H2,1-5H3,(H,42,43)/b30-17-/t33-/m0/s1. The summed E-state index contributed by atoms with van der Waals surface area (Å²) >= 11 is 1.17. The zero-order valence-electron chi connectivity index (χ0n) is 28.6. The van der Waals surface area contributed by atoms with Crippen molar-refractivity contribution in [3.05, 3.63) is 114 Å². The number of ether oxygens (including phenoxy) is 6. The molecule has 3 aromatic carbocycles. The number of aromatic carboxylic acids is 1. The van der Waals surface area contributed by atoms with E-state index in [1.807, 2.05) is 0 Å². The van der Waals surface area contributed by atoms with Gasteiger partial charge in [0.05, 0.1) is 54.8 Å². The van der Waals surface area contributed by atoms with Gasteiger partial charge in [0.1, 0.15) is 6.61 Å². The summed E-state index contributed by atoms with van der Waals surface area (Å²) in [6.07, 6.45) is 1.70. The first kappa shape index (κ1) is 36.4. The Morgan fingerprint density at radius 2 is 1.63 bits per heavy atom. The number of benzene rings is 3. The minimum atomic E-state index is -1.01. The zero-order chi connectivity index (χ0) is 36.7. The largest absolute Gasteiger partial charge is 0.493 e. The maximum Gasteiger partial charge on any atom is 0.343 e. The average Bonchev–Trinajstić information content (AvgIpc) is 3.43. The third-order valence-corrected chi connectivity index (χ3v) is 8.74. The molecule has 13 nitrogen and oxygen atoms in total. The molecule has 1 aliphatic rings. The fourth-order valence-electron chi connectivity index (χ4n) is 5.33. The smallest absolute Gasteiger partial charge is 0.343 e. The van der Waals surface area contributed by atoms with Crippen molar-refractivity contribution in [1.82, 2.24) is 4.57 Å². The van der Waals surface area contributed by atoms with Crippen molar-refractivity contribution in [3.8, 4) is 23.0 Å². The maximum atomic E-state index is 14.2. The monoisotopic (exact) mass is 716 g/mol. The zero-order valence-corrected chi connectivity index (χ0v) is 29.4. The maximum absolute atomic E-state index is 14.2. The summed E-state index contributed by atoms with van der Waals surface area (Å²) in [5.74, 6) is -0.709. The number of allylic oxidation sites excluding steroid dienone is 1. The van der Waals surface area contributed by atoms with Gasteiger partial charge in [-0.1, -0.05) is 35.6 Å². The van der Waals surface area contributed by atoms with Crippen molar-refractivity contribution < 1.29 is 47.9 Å². The van der Waals surface area contributed by atoms with Crippen LogP contribution in [0.5, 0.6) is 23.0 Å². The summed E-state index contributed by atoms with van der Waals surface area (Å²) in [7, 11) is 2.76. The van der Waals surface area contributed by atoms with E-state index in [1.165, 1.54) is 42.3 Å². The van der Waals surface area contributed by atoms with Gasteiger partial charge >= 0.3 is 17.9 Å². The number of hydrogen-bond acceptors (Lipinski definition) is 12. The molecule has 0 aliphatic carbocycles. The lowest BCUT2D eigenvalue weighted by Crippen LogP contribution is -2.40. The Morgan fingerprint density at radius 3 is 2.29 bits per heavy atom. The van der Waals surface area contributed by atoms with Crippen LogP contribution in [0.25, 0.3) is 6.08 Å². The molecule has 0 saturated carbocycles. The van der Waals surface area contributed by atoms with Gasteiger partial charge in [-0.2, -0.15) is 0 Å². The Kier molecular flexibility index (Phi) is 11.6. The number of thiazole rings is 1. The molecule has 0 unspecified atom stereocenters. The second-order valence-corrected chi connectivity index (χ2v) is 12.0.